The van der Waals surface area contributed by atoms with Gasteiger partial charge in [-0.1, -0.05) is 31.3 Å². The summed E-state index contributed by atoms with van der Waals surface area (Å²) >= 11 is 4.80. The van der Waals surface area contributed by atoms with E-state index in [0.29, 0.717) is 11.5 Å². The van der Waals surface area contributed by atoms with E-state index in [1.165, 1.54) is 12.1 Å². The minimum atomic E-state index is -0.309. The maximum atomic E-state index is 12.6. The van der Waals surface area contributed by atoms with Crippen LogP contribution in [0.15, 0.2) is 24.3 Å². The molecule has 1 aromatic carbocycles. The van der Waals surface area contributed by atoms with Gasteiger partial charge in [0.1, 0.15) is 5.82 Å². The number of carbonyl (C=O) groups is 1. The smallest absolute Gasteiger partial charge is 0.224 e. The molecule has 0 saturated carbocycles. The van der Waals surface area contributed by atoms with Crippen molar-refractivity contribution in [2.75, 3.05) is 6.54 Å². The molecule has 1 atom stereocenters. The molecule has 0 saturated heterocycles. The van der Waals surface area contributed by atoms with Crippen molar-refractivity contribution in [3.8, 4) is 0 Å². The van der Waals surface area contributed by atoms with Crippen LogP contribution in [0.5, 0.6) is 0 Å². The van der Waals surface area contributed by atoms with Crippen molar-refractivity contribution in [1.29, 1.82) is 0 Å². The van der Waals surface area contributed by atoms with Gasteiger partial charge in [0.05, 0.1) is 11.4 Å². The molecule has 0 spiro atoms. The minimum Gasteiger partial charge on any atom is -0.393 e. The Balaban J connectivity index is 2.39. The van der Waals surface area contributed by atoms with Gasteiger partial charge < -0.3 is 11.1 Å². The third kappa shape index (κ3) is 4.91. The highest BCUT2D eigenvalue weighted by atomic mass is 32.1. The first-order valence-corrected chi connectivity index (χ1v) is 5.70. The first kappa shape index (κ1) is 13.6. The summed E-state index contributed by atoms with van der Waals surface area (Å²) in [4.78, 5) is 11.9. The molecule has 1 amide bonds. The lowest BCUT2D eigenvalue weighted by molar-refractivity contribution is -0.120. The fourth-order valence-corrected chi connectivity index (χ4v) is 1.30. The van der Waals surface area contributed by atoms with Crippen LogP contribution >= 0.6 is 12.2 Å². The molecule has 0 radical (unpaired) electrons. The van der Waals surface area contributed by atoms with E-state index in [0.717, 1.165) is 5.56 Å². The van der Waals surface area contributed by atoms with E-state index < -0.39 is 0 Å². The Hall–Kier alpha value is -1.49. The van der Waals surface area contributed by atoms with Crippen LogP contribution in [0.4, 0.5) is 4.39 Å². The second-order valence-corrected chi connectivity index (χ2v) is 4.38. The predicted octanol–water partition coefficient (Wildman–Crippen LogP) is 1.41. The zero-order valence-corrected chi connectivity index (χ0v) is 10.4. The van der Waals surface area contributed by atoms with E-state index in [1.54, 1.807) is 12.1 Å². The number of rotatable bonds is 5. The number of hydrogen-bond donors (Lipinski definition) is 2. The molecule has 92 valence electrons. The van der Waals surface area contributed by atoms with Gasteiger partial charge in [-0.05, 0) is 17.7 Å². The van der Waals surface area contributed by atoms with E-state index in [-0.39, 0.29) is 24.1 Å². The second-order valence-electron chi connectivity index (χ2n) is 3.91. The Kier molecular flexibility index (Phi) is 5.03. The summed E-state index contributed by atoms with van der Waals surface area (Å²) in [6.45, 7) is 2.27. The molecular formula is C12H15FN2OS. The number of nitrogens with two attached hydrogens (primary N) is 1. The first-order valence-electron chi connectivity index (χ1n) is 5.29. The standard InChI is InChI=1S/C12H15FN2OS/c1-8(12(14)17)7-15-11(16)6-9-2-4-10(13)5-3-9/h2-5,8H,6-7H2,1H3,(H2,14,17)(H,15,16). The molecule has 0 heterocycles. The van der Waals surface area contributed by atoms with Crippen LogP contribution < -0.4 is 11.1 Å². The van der Waals surface area contributed by atoms with E-state index in [2.05, 4.69) is 5.32 Å². The van der Waals surface area contributed by atoms with Crippen molar-refractivity contribution < 1.29 is 9.18 Å². The highest BCUT2D eigenvalue weighted by Gasteiger charge is 2.08. The summed E-state index contributed by atoms with van der Waals surface area (Å²) in [7, 11) is 0. The van der Waals surface area contributed by atoms with Gasteiger partial charge in [0.15, 0.2) is 0 Å². The Morgan fingerprint density at radius 3 is 2.59 bits per heavy atom. The van der Waals surface area contributed by atoms with Gasteiger partial charge >= 0.3 is 0 Å². The third-order valence-corrected chi connectivity index (χ3v) is 2.77. The molecule has 1 aromatic rings. The summed E-state index contributed by atoms with van der Waals surface area (Å²) in [5.74, 6) is -0.460. The number of nitrogens with one attached hydrogen (secondary N) is 1. The molecule has 17 heavy (non-hydrogen) atoms. The highest BCUT2D eigenvalue weighted by molar-refractivity contribution is 7.80. The molecule has 0 bridgehead atoms. The SMILES string of the molecule is CC(CNC(=O)Cc1ccc(F)cc1)C(N)=S. The third-order valence-electron chi connectivity index (χ3n) is 2.37. The first-order chi connectivity index (χ1) is 7.99. The second kappa shape index (κ2) is 6.30. The Labute approximate surface area is 105 Å². The number of carbonyl (C=O) groups excluding carboxylic acids is 1. The van der Waals surface area contributed by atoms with E-state index in [4.69, 9.17) is 18.0 Å². The number of thiocarbonyl (C=S) groups is 1. The van der Waals surface area contributed by atoms with Gasteiger partial charge in [0, 0.05) is 12.5 Å². The van der Waals surface area contributed by atoms with Crippen LogP contribution in [0.1, 0.15) is 12.5 Å². The molecule has 0 aliphatic heterocycles. The predicted molar refractivity (Wildman–Crippen MR) is 69.1 cm³/mol. The topological polar surface area (TPSA) is 55.1 Å². The normalized spacial score (nSPS) is 11.9. The number of amides is 1. The summed E-state index contributed by atoms with van der Waals surface area (Å²) in [5.41, 5.74) is 6.20. The van der Waals surface area contributed by atoms with Crippen molar-refractivity contribution in [1.82, 2.24) is 5.32 Å². The maximum absolute atomic E-state index is 12.6. The number of hydrogen-bond acceptors (Lipinski definition) is 2. The molecule has 5 heteroatoms. The molecule has 0 aromatic heterocycles. The van der Waals surface area contributed by atoms with E-state index >= 15 is 0 Å². The van der Waals surface area contributed by atoms with Crippen molar-refractivity contribution in [3.63, 3.8) is 0 Å². The van der Waals surface area contributed by atoms with Crippen LogP contribution in [0.3, 0.4) is 0 Å². The Bertz CT molecular complexity index is 405. The molecular weight excluding hydrogens is 239 g/mol. The maximum Gasteiger partial charge on any atom is 0.224 e. The molecule has 3 N–H and O–H groups in total. The molecule has 1 rings (SSSR count). The molecule has 1 unspecified atom stereocenters. The summed E-state index contributed by atoms with van der Waals surface area (Å²) in [6, 6.07) is 5.85. The van der Waals surface area contributed by atoms with Gasteiger partial charge in [-0.15, -0.1) is 0 Å². The van der Waals surface area contributed by atoms with Gasteiger partial charge in [0.2, 0.25) is 5.91 Å². The fraction of sp³-hybridized carbons (Fsp3) is 0.333. The summed E-state index contributed by atoms with van der Waals surface area (Å²) in [6.07, 6.45) is 0.227. The van der Waals surface area contributed by atoms with Gasteiger partial charge in [-0.25, -0.2) is 4.39 Å². The van der Waals surface area contributed by atoms with Crippen molar-refractivity contribution in [2.45, 2.75) is 13.3 Å². The van der Waals surface area contributed by atoms with Crippen molar-refractivity contribution in [3.05, 3.63) is 35.6 Å². The Morgan fingerprint density at radius 2 is 2.06 bits per heavy atom. The molecule has 0 fully saturated rings. The Morgan fingerprint density at radius 1 is 1.47 bits per heavy atom. The fourth-order valence-electron chi connectivity index (χ4n) is 1.22. The zero-order valence-electron chi connectivity index (χ0n) is 9.57. The summed E-state index contributed by atoms with van der Waals surface area (Å²) in [5, 5.41) is 2.73. The van der Waals surface area contributed by atoms with E-state index in [9.17, 15) is 9.18 Å². The zero-order chi connectivity index (χ0) is 12.8. The van der Waals surface area contributed by atoms with Crippen molar-refractivity contribution in [2.24, 2.45) is 11.7 Å². The lowest BCUT2D eigenvalue weighted by Gasteiger charge is -2.10. The highest BCUT2D eigenvalue weighted by Crippen LogP contribution is 2.03. The van der Waals surface area contributed by atoms with Crippen molar-refractivity contribution >= 4 is 23.1 Å². The lowest BCUT2D eigenvalue weighted by atomic mass is 10.1. The molecule has 3 nitrogen and oxygen atoms in total. The van der Waals surface area contributed by atoms with Crippen LogP contribution in [0.25, 0.3) is 0 Å². The average Bonchev–Trinajstić information content (AvgIpc) is 2.29. The van der Waals surface area contributed by atoms with Crippen LogP contribution in [-0.4, -0.2) is 17.4 Å². The largest absolute Gasteiger partial charge is 0.393 e. The van der Waals surface area contributed by atoms with E-state index in [1.807, 2.05) is 6.92 Å². The molecule has 0 aliphatic rings. The van der Waals surface area contributed by atoms with Gasteiger partial charge in [0.25, 0.3) is 0 Å². The van der Waals surface area contributed by atoms with Gasteiger partial charge in [-0.3, -0.25) is 4.79 Å². The lowest BCUT2D eigenvalue weighted by Crippen LogP contribution is -2.34. The van der Waals surface area contributed by atoms with Gasteiger partial charge in [-0.2, -0.15) is 0 Å². The minimum absolute atomic E-state index is 0.0258. The molecule has 0 aliphatic carbocycles. The number of halogens is 1. The van der Waals surface area contributed by atoms with Crippen LogP contribution in [0, 0.1) is 11.7 Å². The quantitative estimate of drug-likeness (QED) is 0.781. The monoisotopic (exact) mass is 254 g/mol. The average molecular weight is 254 g/mol. The summed E-state index contributed by atoms with van der Waals surface area (Å²) < 4.78 is 12.6. The van der Waals surface area contributed by atoms with Crippen LogP contribution in [-0.2, 0) is 11.2 Å². The number of benzene rings is 1. The van der Waals surface area contributed by atoms with Crippen LogP contribution in [0.2, 0.25) is 0 Å².